The number of aliphatic hydroxyl groups excluding tert-OH is 1. The van der Waals surface area contributed by atoms with Crippen molar-refractivity contribution in [1.82, 2.24) is 0 Å². The third-order valence-electron chi connectivity index (χ3n) is 12.4. The van der Waals surface area contributed by atoms with Crippen molar-refractivity contribution in [1.29, 1.82) is 0 Å². The van der Waals surface area contributed by atoms with E-state index < -0.39 is 73.2 Å². The number of hydrogen-bond donors (Lipinski definition) is 1. The maximum absolute atomic E-state index is 12.5. The van der Waals surface area contributed by atoms with Gasteiger partial charge in [-0.25, -0.2) is 9.59 Å². The zero-order chi connectivity index (χ0) is 43.8. The molecule has 15 nitrogen and oxygen atoms in total. The van der Waals surface area contributed by atoms with Gasteiger partial charge in [-0.1, -0.05) is 62.3 Å². The lowest BCUT2D eigenvalue weighted by Crippen LogP contribution is -2.60. The highest BCUT2D eigenvalue weighted by atomic mass is 32.2. The number of hydrogen-bond acceptors (Lipinski definition) is 17. The summed E-state index contributed by atoms with van der Waals surface area (Å²) in [6.45, 7) is 24.7. The van der Waals surface area contributed by atoms with Gasteiger partial charge in [-0.05, 0) is 49.0 Å². The molecule has 20 atom stereocenters. The van der Waals surface area contributed by atoms with Crippen LogP contribution in [0.5, 0.6) is 0 Å². The number of thioether (sulfide) groups is 2. The first-order valence-electron chi connectivity index (χ1n) is 20.6. The minimum Gasteiger partial charge on any atom is -0.467 e. The number of carbonyl (C=O) groups is 4. The van der Waals surface area contributed by atoms with Gasteiger partial charge in [-0.3, -0.25) is 9.59 Å². The highest BCUT2D eigenvalue weighted by Crippen LogP contribution is 2.42. The molecule has 17 heteroatoms. The summed E-state index contributed by atoms with van der Waals surface area (Å²) in [5, 5.41) is 10.9. The molecule has 1 N–H and O–H groups in total. The van der Waals surface area contributed by atoms with Crippen LogP contribution in [0.25, 0.3) is 0 Å². The number of methoxy groups -OCH3 is 2. The van der Waals surface area contributed by atoms with Gasteiger partial charge >= 0.3 is 23.9 Å². The second-order valence-electron chi connectivity index (χ2n) is 16.1. The number of ether oxygens (including phenoxy) is 10. The first kappa shape index (κ1) is 50.7. The van der Waals surface area contributed by atoms with E-state index in [4.69, 9.17) is 47.4 Å². The van der Waals surface area contributed by atoms with E-state index in [1.807, 2.05) is 48.5 Å². The van der Waals surface area contributed by atoms with Crippen LogP contribution in [0.4, 0.5) is 0 Å². The largest absolute Gasteiger partial charge is 0.467 e. The van der Waals surface area contributed by atoms with Gasteiger partial charge in [0.1, 0.15) is 23.1 Å². The van der Waals surface area contributed by atoms with Gasteiger partial charge in [0.25, 0.3) is 0 Å². The molecule has 0 spiro atoms. The Kier molecular flexibility index (Phi) is 20.0. The SMILES string of the molecule is CCS[C@H]1OC(C(=O)OC)[C@H](O[C@@H]2O[C@@H](C)[C@H](C)C(C)C2OC(C)=O)[C@H](C)C1C.CCS[C@H]1OC(C(=O)OC)[C@H](O[C@@H]2O[C@@H](C)[C@H](C)C(C)C2OC(C)=O)[C@H](O)C1C. The Labute approximate surface area is 353 Å². The molecule has 4 fully saturated rings. The van der Waals surface area contributed by atoms with Gasteiger partial charge in [0.2, 0.25) is 0 Å². The first-order chi connectivity index (χ1) is 27.2. The molecule has 0 aromatic rings. The summed E-state index contributed by atoms with van der Waals surface area (Å²) in [4.78, 5) is 48.2. The molecule has 0 bridgehead atoms. The van der Waals surface area contributed by atoms with E-state index in [0.29, 0.717) is 0 Å². The number of aliphatic hydroxyl groups is 1. The topological polar surface area (TPSA) is 181 Å². The molecule has 0 aliphatic carbocycles. The van der Waals surface area contributed by atoms with Crippen molar-refractivity contribution in [3.05, 3.63) is 0 Å². The number of esters is 4. The van der Waals surface area contributed by atoms with Crippen molar-refractivity contribution in [3.8, 4) is 0 Å². The lowest BCUT2D eigenvalue weighted by atomic mass is 9.83. The summed E-state index contributed by atoms with van der Waals surface area (Å²) in [7, 11) is 2.61. The smallest absolute Gasteiger partial charge is 0.337 e. The van der Waals surface area contributed by atoms with Gasteiger partial charge < -0.3 is 52.5 Å². The Bertz CT molecular complexity index is 1240. The molecule has 4 aliphatic rings. The Balaban J connectivity index is 0.000000310. The standard InChI is InChI=1S/C21H36O7S.C20H34O8S/c1-9-29-21-13(5)12(4)16(18(28-21)19(23)24-8)27-20-17(26-15(7)22)11(3)10(2)14(6)25-20;1-8-29-20-11(4)14(22)16(17(28-20)18(23)24-7)27-19-15(26-13(6)21)10(3)9(2)12(5)25-19/h10-14,16-18,20-21H,9H2,1-8H3;9-12,14-17,19-20,22H,8H2,1-7H3/t10-,11?,12-,13?,14+,16-,17?,18?,20+,21-;9-,10?,11?,12+,14-,15?,16-,17?,19+,20-/m11/s1. The molecule has 4 saturated heterocycles. The summed E-state index contributed by atoms with van der Waals surface area (Å²) in [6.07, 6.45) is -7.68. The van der Waals surface area contributed by atoms with E-state index >= 15 is 0 Å². The van der Waals surface area contributed by atoms with Gasteiger partial charge in [0, 0.05) is 31.6 Å². The second kappa shape index (κ2) is 22.9. The number of carbonyl (C=O) groups excluding carboxylic acids is 4. The normalized spacial score (nSPS) is 42.9. The zero-order valence-electron chi connectivity index (χ0n) is 36.9. The molecule has 4 aliphatic heterocycles. The lowest BCUT2D eigenvalue weighted by Gasteiger charge is -2.48. The van der Waals surface area contributed by atoms with Crippen molar-refractivity contribution in [2.24, 2.45) is 41.4 Å². The molecule has 58 heavy (non-hydrogen) atoms. The predicted octanol–water partition coefficient (Wildman–Crippen LogP) is 5.21. The zero-order valence-corrected chi connectivity index (χ0v) is 38.6. The van der Waals surface area contributed by atoms with Crippen LogP contribution in [0.3, 0.4) is 0 Å². The van der Waals surface area contributed by atoms with Crippen LogP contribution in [0, 0.1) is 41.4 Å². The summed E-state index contributed by atoms with van der Waals surface area (Å²) in [6, 6.07) is 0. The summed E-state index contributed by atoms with van der Waals surface area (Å²) in [5.41, 5.74) is -0.485. The maximum Gasteiger partial charge on any atom is 0.337 e. The Morgan fingerprint density at radius 2 is 0.879 bits per heavy atom. The van der Waals surface area contributed by atoms with E-state index in [0.717, 1.165) is 11.5 Å². The van der Waals surface area contributed by atoms with E-state index in [9.17, 15) is 24.3 Å². The minimum absolute atomic E-state index is 0.0171. The first-order valence-corrected chi connectivity index (χ1v) is 22.7. The number of rotatable bonds is 12. The summed E-state index contributed by atoms with van der Waals surface area (Å²) in [5.74, 6) is -0.0350. The average Bonchev–Trinajstić information content (AvgIpc) is 3.18. The van der Waals surface area contributed by atoms with Crippen LogP contribution >= 0.6 is 23.5 Å². The molecule has 4 rings (SSSR count). The molecular formula is C41H70O15S2. The van der Waals surface area contributed by atoms with Crippen molar-refractivity contribution in [3.63, 3.8) is 0 Å². The van der Waals surface area contributed by atoms with Crippen LogP contribution in [-0.2, 0) is 66.5 Å². The minimum atomic E-state index is -1.11. The predicted molar refractivity (Wildman–Crippen MR) is 217 cm³/mol. The molecule has 8 unspecified atom stereocenters. The molecule has 0 aromatic heterocycles. The fourth-order valence-electron chi connectivity index (χ4n) is 7.84. The van der Waals surface area contributed by atoms with E-state index in [1.54, 1.807) is 11.8 Å². The quantitative estimate of drug-likeness (QED) is 0.199. The van der Waals surface area contributed by atoms with Gasteiger partial charge in [0.15, 0.2) is 37.0 Å². The average molecular weight is 867 g/mol. The summed E-state index contributed by atoms with van der Waals surface area (Å²) >= 11 is 3.18. The highest BCUT2D eigenvalue weighted by molar-refractivity contribution is 7.99. The van der Waals surface area contributed by atoms with Crippen LogP contribution < -0.4 is 0 Å². The van der Waals surface area contributed by atoms with Crippen LogP contribution in [-0.4, -0.2) is 133 Å². The van der Waals surface area contributed by atoms with Gasteiger partial charge in [-0.15, -0.1) is 23.5 Å². The Hall–Kier alpha value is -1.70. The highest BCUT2D eigenvalue weighted by Gasteiger charge is 2.53. The maximum atomic E-state index is 12.5. The van der Waals surface area contributed by atoms with E-state index in [1.165, 1.54) is 39.8 Å². The van der Waals surface area contributed by atoms with Crippen LogP contribution in [0.1, 0.15) is 90.0 Å². The third-order valence-corrected chi connectivity index (χ3v) is 14.8. The fraction of sp³-hybridized carbons (Fsp3) is 0.902. The Morgan fingerprint density at radius 3 is 1.26 bits per heavy atom. The van der Waals surface area contributed by atoms with Crippen LogP contribution in [0.2, 0.25) is 0 Å². The molecule has 0 saturated carbocycles. The van der Waals surface area contributed by atoms with Gasteiger partial charge in [-0.2, -0.15) is 0 Å². The third kappa shape index (κ3) is 12.2. The Morgan fingerprint density at radius 1 is 0.517 bits per heavy atom. The molecule has 336 valence electrons. The van der Waals surface area contributed by atoms with Crippen molar-refractivity contribution < 1.29 is 71.7 Å². The van der Waals surface area contributed by atoms with Crippen LogP contribution in [0.15, 0.2) is 0 Å². The van der Waals surface area contributed by atoms with Crippen molar-refractivity contribution in [2.45, 2.75) is 168 Å². The fourth-order valence-corrected chi connectivity index (χ4v) is 9.91. The molecule has 4 heterocycles. The molecule has 0 aromatic carbocycles. The monoisotopic (exact) mass is 866 g/mol. The lowest BCUT2D eigenvalue weighted by molar-refractivity contribution is -0.314. The van der Waals surface area contributed by atoms with Crippen molar-refractivity contribution in [2.75, 3.05) is 25.7 Å². The molecule has 0 amide bonds. The van der Waals surface area contributed by atoms with Gasteiger partial charge in [0.05, 0.1) is 32.5 Å². The molecule has 0 radical (unpaired) electrons. The van der Waals surface area contributed by atoms with E-state index in [-0.39, 0.29) is 70.5 Å². The summed E-state index contributed by atoms with van der Waals surface area (Å²) < 4.78 is 57.5. The molecular weight excluding hydrogens is 797 g/mol. The van der Waals surface area contributed by atoms with Crippen molar-refractivity contribution >= 4 is 47.4 Å². The second-order valence-corrected chi connectivity index (χ2v) is 18.8. The van der Waals surface area contributed by atoms with E-state index in [2.05, 4.69) is 27.7 Å².